The summed E-state index contributed by atoms with van der Waals surface area (Å²) in [5.74, 6) is -0.203. The zero-order chi connectivity index (χ0) is 11.3. The molecule has 0 aromatic carbocycles. The van der Waals surface area contributed by atoms with Crippen molar-refractivity contribution in [3.63, 3.8) is 0 Å². The molecule has 0 aliphatic heterocycles. The highest BCUT2D eigenvalue weighted by Crippen LogP contribution is 2.19. The average Bonchev–Trinajstić information content (AvgIpc) is 2.23. The normalized spacial score (nSPS) is 12.2. The van der Waals surface area contributed by atoms with Gasteiger partial charge in [-0.25, -0.2) is 4.98 Å². The SMILES string of the molecule is CCC(CN)C(=O)Nc1cccnc1Br. The molecule has 1 aromatic heterocycles. The first-order chi connectivity index (χ1) is 7.19. The average molecular weight is 272 g/mol. The van der Waals surface area contributed by atoms with Crippen LogP contribution in [0.25, 0.3) is 0 Å². The van der Waals surface area contributed by atoms with Crippen molar-refractivity contribution in [3.05, 3.63) is 22.9 Å². The molecule has 0 spiro atoms. The number of amides is 1. The quantitative estimate of drug-likeness (QED) is 0.821. The van der Waals surface area contributed by atoms with Crippen LogP contribution in [0, 0.1) is 5.92 Å². The predicted molar refractivity (Wildman–Crippen MR) is 63.4 cm³/mol. The second-order valence-electron chi connectivity index (χ2n) is 3.17. The fraction of sp³-hybridized carbons (Fsp3) is 0.400. The molecule has 4 nitrogen and oxygen atoms in total. The molecule has 1 atom stereocenters. The van der Waals surface area contributed by atoms with Crippen LogP contribution in [0.4, 0.5) is 5.69 Å². The van der Waals surface area contributed by atoms with Gasteiger partial charge in [0, 0.05) is 12.7 Å². The Morgan fingerprint density at radius 3 is 3.00 bits per heavy atom. The van der Waals surface area contributed by atoms with Gasteiger partial charge in [0.15, 0.2) is 0 Å². The fourth-order valence-electron chi connectivity index (χ4n) is 1.17. The second-order valence-corrected chi connectivity index (χ2v) is 3.92. The zero-order valence-electron chi connectivity index (χ0n) is 8.53. The fourth-order valence-corrected chi connectivity index (χ4v) is 1.52. The summed E-state index contributed by atoms with van der Waals surface area (Å²) in [6.45, 7) is 2.30. The number of aromatic nitrogens is 1. The topological polar surface area (TPSA) is 68.0 Å². The lowest BCUT2D eigenvalue weighted by Gasteiger charge is -2.12. The lowest BCUT2D eigenvalue weighted by atomic mass is 10.1. The van der Waals surface area contributed by atoms with Gasteiger partial charge in [0.25, 0.3) is 0 Å². The van der Waals surface area contributed by atoms with Crippen molar-refractivity contribution in [2.24, 2.45) is 11.7 Å². The predicted octanol–water partition coefficient (Wildman–Crippen LogP) is 1.77. The number of pyridine rings is 1. The van der Waals surface area contributed by atoms with E-state index in [0.717, 1.165) is 6.42 Å². The van der Waals surface area contributed by atoms with E-state index in [2.05, 4.69) is 26.2 Å². The molecule has 0 bridgehead atoms. The van der Waals surface area contributed by atoms with E-state index in [1.54, 1.807) is 18.3 Å². The monoisotopic (exact) mass is 271 g/mol. The Kier molecular flexibility index (Phi) is 4.71. The molecule has 0 fully saturated rings. The first kappa shape index (κ1) is 12.1. The van der Waals surface area contributed by atoms with Gasteiger partial charge in [0.1, 0.15) is 4.60 Å². The third-order valence-corrected chi connectivity index (χ3v) is 2.80. The first-order valence-corrected chi connectivity index (χ1v) is 5.59. The molecule has 1 rings (SSSR count). The number of nitrogens with one attached hydrogen (secondary N) is 1. The van der Waals surface area contributed by atoms with Crippen LogP contribution < -0.4 is 11.1 Å². The van der Waals surface area contributed by atoms with Crippen LogP contribution in [0.15, 0.2) is 22.9 Å². The van der Waals surface area contributed by atoms with Gasteiger partial charge in [0.2, 0.25) is 5.91 Å². The van der Waals surface area contributed by atoms with Gasteiger partial charge >= 0.3 is 0 Å². The van der Waals surface area contributed by atoms with E-state index < -0.39 is 0 Å². The van der Waals surface area contributed by atoms with Crippen LogP contribution in [-0.4, -0.2) is 17.4 Å². The molecule has 0 aliphatic rings. The van der Waals surface area contributed by atoms with Crippen LogP contribution in [0.1, 0.15) is 13.3 Å². The van der Waals surface area contributed by atoms with E-state index in [1.165, 1.54) is 0 Å². The van der Waals surface area contributed by atoms with Crippen molar-refractivity contribution in [2.45, 2.75) is 13.3 Å². The number of carbonyl (C=O) groups excluding carboxylic acids is 1. The molecule has 1 aromatic rings. The maximum atomic E-state index is 11.7. The Morgan fingerprint density at radius 1 is 1.73 bits per heavy atom. The molecular formula is C10H14BrN3O. The lowest BCUT2D eigenvalue weighted by Crippen LogP contribution is -2.28. The summed E-state index contributed by atoms with van der Waals surface area (Å²) in [6.07, 6.45) is 2.39. The van der Waals surface area contributed by atoms with E-state index in [1.807, 2.05) is 6.92 Å². The van der Waals surface area contributed by atoms with E-state index >= 15 is 0 Å². The summed E-state index contributed by atoms with van der Waals surface area (Å²) in [5.41, 5.74) is 6.16. The van der Waals surface area contributed by atoms with Crippen molar-refractivity contribution in [1.29, 1.82) is 0 Å². The van der Waals surface area contributed by atoms with Crippen molar-refractivity contribution in [1.82, 2.24) is 4.98 Å². The summed E-state index contributed by atoms with van der Waals surface area (Å²) in [6, 6.07) is 3.56. The lowest BCUT2D eigenvalue weighted by molar-refractivity contribution is -0.119. The Hall–Kier alpha value is -0.940. The van der Waals surface area contributed by atoms with Crippen LogP contribution in [0.2, 0.25) is 0 Å². The summed E-state index contributed by atoms with van der Waals surface area (Å²) >= 11 is 3.26. The van der Waals surface area contributed by atoms with Gasteiger partial charge < -0.3 is 11.1 Å². The molecule has 1 amide bonds. The third kappa shape index (κ3) is 3.28. The Bertz CT molecular complexity index is 339. The maximum Gasteiger partial charge on any atom is 0.228 e. The van der Waals surface area contributed by atoms with E-state index in [9.17, 15) is 4.79 Å². The molecule has 5 heteroatoms. The van der Waals surface area contributed by atoms with Gasteiger partial charge in [-0.3, -0.25) is 4.79 Å². The van der Waals surface area contributed by atoms with Crippen molar-refractivity contribution >= 4 is 27.5 Å². The van der Waals surface area contributed by atoms with E-state index in [4.69, 9.17) is 5.73 Å². The number of nitrogens with two attached hydrogens (primary N) is 1. The van der Waals surface area contributed by atoms with Crippen LogP contribution in [-0.2, 0) is 4.79 Å². The number of anilines is 1. The zero-order valence-corrected chi connectivity index (χ0v) is 10.1. The second kappa shape index (κ2) is 5.82. The molecular weight excluding hydrogens is 258 g/mol. The van der Waals surface area contributed by atoms with Crippen LogP contribution in [0.5, 0.6) is 0 Å². The minimum absolute atomic E-state index is 0.0614. The highest BCUT2D eigenvalue weighted by atomic mass is 79.9. The summed E-state index contributed by atoms with van der Waals surface area (Å²) in [4.78, 5) is 15.7. The van der Waals surface area contributed by atoms with E-state index in [-0.39, 0.29) is 11.8 Å². The van der Waals surface area contributed by atoms with Crippen molar-refractivity contribution in [2.75, 3.05) is 11.9 Å². The number of rotatable bonds is 4. The minimum Gasteiger partial charge on any atom is -0.330 e. The molecule has 1 unspecified atom stereocenters. The number of nitrogens with zero attached hydrogens (tertiary/aromatic N) is 1. The maximum absolute atomic E-state index is 11.7. The highest BCUT2D eigenvalue weighted by Gasteiger charge is 2.15. The molecule has 82 valence electrons. The molecule has 15 heavy (non-hydrogen) atoms. The third-order valence-electron chi connectivity index (χ3n) is 2.17. The minimum atomic E-state index is -0.142. The number of hydrogen-bond donors (Lipinski definition) is 2. The van der Waals surface area contributed by atoms with Gasteiger partial charge in [0.05, 0.1) is 11.6 Å². The van der Waals surface area contributed by atoms with Gasteiger partial charge in [-0.15, -0.1) is 0 Å². The van der Waals surface area contributed by atoms with Crippen LogP contribution in [0.3, 0.4) is 0 Å². The summed E-state index contributed by atoms with van der Waals surface area (Å²) in [7, 11) is 0. The molecule has 0 radical (unpaired) electrons. The molecule has 0 aliphatic carbocycles. The van der Waals surface area contributed by atoms with Gasteiger partial charge in [-0.05, 0) is 34.5 Å². The van der Waals surface area contributed by atoms with Gasteiger partial charge in [-0.1, -0.05) is 6.92 Å². The Balaban J connectivity index is 2.70. The highest BCUT2D eigenvalue weighted by molar-refractivity contribution is 9.10. The van der Waals surface area contributed by atoms with Crippen molar-refractivity contribution in [3.8, 4) is 0 Å². The molecule has 0 saturated carbocycles. The molecule has 1 heterocycles. The van der Waals surface area contributed by atoms with Gasteiger partial charge in [-0.2, -0.15) is 0 Å². The Morgan fingerprint density at radius 2 is 2.47 bits per heavy atom. The van der Waals surface area contributed by atoms with Crippen molar-refractivity contribution < 1.29 is 4.79 Å². The number of halogens is 1. The number of carbonyl (C=O) groups is 1. The Labute approximate surface area is 97.4 Å². The molecule has 3 N–H and O–H groups in total. The summed E-state index contributed by atoms with van der Waals surface area (Å²) in [5, 5.41) is 2.78. The van der Waals surface area contributed by atoms with E-state index in [0.29, 0.717) is 16.8 Å². The number of hydrogen-bond acceptors (Lipinski definition) is 3. The standard InChI is InChI=1S/C10H14BrN3O/c1-2-7(6-12)10(15)14-8-4-3-5-13-9(8)11/h3-5,7H,2,6,12H2,1H3,(H,14,15). The smallest absolute Gasteiger partial charge is 0.228 e. The molecule has 0 saturated heterocycles. The summed E-state index contributed by atoms with van der Waals surface area (Å²) < 4.78 is 0.630. The van der Waals surface area contributed by atoms with Crippen LogP contribution >= 0.6 is 15.9 Å². The first-order valence-electron chi connectivity index (χ1n) is 4.80. The largest absolute Gasteiger partial charge is 0.330 e.